The first-order chi connectivity index (χ1) is 16.5. The predicted octanol–water partition coefficient (Wildman–Crippen LogP) is 3.11. The van der Waals surface area contributed by atoms with Crippen LogP contribution in [0.1, 0.15) is 31.4 Å². The molecule has 2 aliphatic rings. The Morgan fingerprint density at radius 2 is 2.09 bits per heavy atom. The maximum absolute atomic E-state index is 13.0. The number of piperazine rings is 1. The monoisotopic (exact) mass is 502 g/mol. The molecule has 2 aromatic carbocycles. The van der Waals surface area contributed by atoms with Crippen LogP contribution in [0.5, 0.6) is 0 Å². The highest BCUT2D eigenvalue weighted by Gasteiger charge is 2.35. The molecule has 2 unspecified atom stereocenters. The van der Waals surface area contributed by atoms with Crippen molar-refractivity contribution in [3.63, 3.8) is 0 Å². The Kier molecular flexibility index (Phi) is 6.66. The van der Waals surface area contributed by atoms with Crippen LogP contribution in [0.15, 0.2) is 36.4 Å². The normalized spacial score (nSPS) is 21.9. The maximum atomic E-state index is 13.0. The van der Waals surface area contributed by atoms with Gasteiger partial charge in [0.1, 0.15) is 5.52 Å². The Balaban J connectivity index is 1.39. The minimum Gasteiger partial charge on any atom is -0.394 e. The first-order valence-corrected chi connectivity index (χ1v) is 12.4. The van der Waals surface area contributed by atoms with Gasteiger partial charge in [0.15, 0.2) is 0 Å². The quantitative estimate of drug-likeness (QED) is 0.557. The van der Waals surface area contributed by atoms with E-state index in [0.29, 0.717) is 29.7 Å². The first kappa shape index (κ1) is 23.4. The van der Waals surface area contributed by atoms with Gasteiger partial charge < -0.3 is 20.2 Å². The number of hydrogen-bond acceptors (Lipinski definition) is 6. The van der Waals surface area contributed by atoms with E-state index in [0.717, 1.165) is 41.7 Å². The molecule has 5 rings (SSSR count). The molecule has 3 atom stereocenters. The number of nitrogens with zero attached hydrogens (tertiary/aromatic N) is 5. The summed E-state index contributed by atoms with van der Waals surface area (Å²) in [6, 6.07) is 11.0. The fourth-order valence-electron chi connectivity index (χ4n) is 5.01. The summed E-state index contributed by atoms with van der Waals surface area (Å²) < 4.78 is 1.86. The summed E-state index contributed by atoms with van der Waals surface area (Å²) in [7, 11) is 0. The lowest BCUT2D eigenvalue weighted by Crippen LogP contribution is -2.59. The Morgan fingerprint density at radius 3 is 2.82 bits per heavy atom. The maximum Gasteiger partial charge on any atom is 0.240 e. The smallest absolute Gasteiger partial charge is 0.240 e. The SMILES string of the molecule is CC(c1ccc(Cl)cc1Cl)n1nnc2ccc(N3CCN(C(=O)[C@H]4CCCN4)C(CO)C3)cc21. The van der Waals surface area contributed by atoms with E-state index < -0.39 is 0 Å². The summed E-state index contributed by atoms with van der Waals surface area (Å²) in [5.41, 5.74) is 3.61. The molecule has 2 aliphatic heterocycles. The van der Waals surface area contributed by atoms with Crippen molar-refractivity contribution in [3.05, 3.63) is 52.0 Å². The molecule has 3 aromatic rings. The number of halogens is 2. The van der Waals surface area contributed by atoms with Crippen LogP contribution < -0.4 is 10.2 Å². The van der Waals surface area contributed by atoms with Gasteiger partial charge in [0.25, 0.3) is 0 Å². The second-order valence-electron chi connectivity index (χ2n) is 9.01. The molecule has 0 saturated carbocycles. The van der Waals surface area contributed by atoms with Gasteiger partial charge in [-0.3, -0.25) is 4.79 Å². The molecule has 34 heavy (non-hydrogen) atoms. The van der Waals surface area contributed by atoms with E-state index in [-0.39, 0.29) is 30.6 Å². The highest BCUT2D eigenvalue weighted by atomic mass is 35.5. The molecular weight excluding hydrogens is 475 g/mol. The topological polar surface area (TPSA) is 86.5 Å². The number of anilines is 1. The fraction of sp³-hybridized carbons (Fsp3) is 0.458. The Bertz CT molecular complexity index is 1200. The molecule has 2 N–H and O–H groups in total. The fourth-order valence-corrected chi connectivity index (χ4v) is 5.58. The third-order valence-corrected chi connectivity index (χ3v) is 7.50. The molecular formula is C24H28Cl2N6O2. The van der Waals surface area contributed by atoms with Gasteiger partial charge in [-0.15, -0.1) is 5.10 Å². The van der Waals surface area contributed by atoms with Gasteiger partial charge in [-0.25, -0.2) is 4.68 Å². The molecule has 0 bridgehead atoms. The van der Waals surface area contributed by atoms with Crippen molar-refractivity contribution in [2.24, 2.45) is 0 Å². The number of rotatable bonds is 5. The van der Waals surface area contributed by atoms with Crippen LogP contribution >= 0.6 is 23.2 Å². The number of benzene rings is 2. The molecule has 0 radical (unpaired) electrons. The van der Waals surface area contributed by atoms with Gasteiger partial charge in [-0.2, -0.15) is 0 Å². The second-order valence-corrected chi connectivity index (χ2v) is 9.86. The number of fused-ring (bicyclic) bond motifs is 1. The molecule has 2 fully saturated rings. The van der Waals surface area contributed by atoms with E-state index in [1.165, 1.54) is 0 Å². The van der Waals surface area contributed by atoms with Gasteiger partial charge in [-0.1, -0.05) is 34.5 Å². The van der Waals surface area contributed by atoms with E-state index in [4.69, 9.17) is 23.2 Å². The predicted molar refractivity (Wildman–Crippen MR) is 134 cm³/mol. The van der Waals surface area contributed by atoms with Crippen LogP contribution in [0.4, 0.5) is 5.69 Å². The molecule has 3 heterocycles. The van der Waals surface area contributed by atoms with Crippen LogP contribution in [-0.4, -0.2) is 75.8 Å². The van der Waals surface area contributed by atoms with Crippen LogP contribution in [0.3, 0.4) is 0 Å². The number of nitrogens with one attached hydrogen (secondary N) is 1. The molecule has 180 valence electrons. The number of hydrogen-bond donors (Lipinski definition) is 2. The van der Waals surface area contributed by atoms with Crippen molar-refractivity contribution in [2.75, 3.05) is 37.7 Å². The molecule has 1 amide bonds. The number of amides is 1. The lowest BCUT2D eigenvalue weighted by molar-refractivity contribution is -0.136. The van der Waals surface area contributed by atoms with Crippen molar-refractivity contribution < 1.29 is 9.90 Å². The summed E-state index contributed by atoms with van der Waals surface area (Å²) in [6.45, 7) is 4.68. The average Bonchev–Trinajstić information content (AvgIpc) is 3.53. The number of carbonyl (C=O) groups excluding carboxylic acids is 1. The summed E-state index contributed by atoms with van der Waals surface area (Å²) >= 11 is 12.5. The summed E-state index contributed by atoms with van der Waals surface area (Å²) in [5, 5.41) is 23.2. The summed E-state index contributed by atoms with van der Waals surface area (Å²) in [5.74, 6) is 0.0996. The molecule has 2 saturated heterocycles. The molecule has 0 spiro atoms. The Morgan fingerprint density at radius 1 is 1.24 bits per heavy atom. The zero-order chi connectivity index (χ0) is 23.8. The van der Waals surface area contributed by atoms with E-state index in [1.807, 2.05) is 40.8 Å². The standard InChI is InChI=1S/C24H28Cl2N6O2/c1-15(19-6-4-16(25)11-20(19)26)32-23-12-17(5-7-21(23)28-29-32)30-9-10-31(18(13-30)14-33)24(34)22-3-2-8-27-22/h4-7,11-12,15,18,22,27,33H,2-3,8-10,13-14H2,1H3/t15?,18?,22-/m1/s1. The van der Waals surface area contributed by atoms with Gasteiger partial charge in [-0.05, 0) is 62.2 Å². The number of aliphatic hydroxyl groups excluding tert-OH is 1. The van der Waals surface area contributed by atoms with Crippen molar-refractivity contribution in [1.29, 1.82) is 0 Å². The van der Waals surface area contributed by atoms with E-state index in [1.54, 1.807) is 6.07 Å². The molecule has 10 heteroatoms. The zero-order valence-corrected chi connectivity index (χ0v) is 20.5. The van der Waals surface area contributed by atoms with E-state index in [2.05, 4.69) is 26.6 Å². The van der Waals surface area contributed by atoms with Crippen LogP contribution in [0.2, 0.25) is 10.0 Å². The van der Waals surface area contributed by atoms with Crippen LogP contribution in [-0.2, 0) is 4.79 Å². The minimum atomic E-state index is -0.241. The molecule has 0 aliphatic carbocycles. The average molecular weight is 503 g/mol. The number of aromatic nitrogens is 3. The van der Waals surface area contributed by atoms with Crippen molar-refractivity contribution in [2.45, 2.75) is 37.9 Å². The highest BCUT2D eigenvalue weighted by molar-refractivity contribution is 6.35. The third-order valence-electron chi connectivity index (χ3n) is 6.93. The van der Waals surface area contributed by atoms with E-state index >= 15 is 0 Å². The van der Waals surface area contributed by atoms with Crippen molar-refractivity contribution in [1.82, 2.24) is 25.2 Å². The van der Waals surface area contributed by atoms with Crippen molar-refractivity contribution in [3.8, 4) is 0 Å². The summed E-state index contributed by atoms with van der Waals surface area (Å²) in [6.07, 6.45) is 1.88. The number of carbonyl (C=O) groups is 1. The molecule has 8 nitrogen and oxygen atoms in total. The molecule has 1 aromatic heterocycles. The Labute approximate surface area is 208 Å². The minimum absolute atomic E-state index is 0.0667. The summed E-state index contributed by atoms with van der Waals surface area (Å²) in [4.78, 5) is 17.0. The highest BCUT2D eigenvalue weighted by Crippen LogP contribution is 2.31. The lowest BCUT2D eigenvalue weighted by atomic mass is 10.1. The number of aliphatic hydroxyl groups is 1. The van der Waals surface area contributed by atoms with E-state index in [9.17, 15) is 9.90 Å². The lowest BCUT2D eigenvalue weighted by Gasteiger charge is -2.42. The van der Waals surface area contributed by atoms with Gasteiger partial charge >= 0.3 is 0 Å². The Hall–Kier alpha value is -2.39. The van der Waals surface area contributed by atoms with Crippen LogP contribution in [0.25, 0.3) is 11.0 Å². The zero-order valence-electron chi connectivity index (χ0n) is 19.0. The third kappa shape index (κ3) is 4.35. The van der Waals surface area contributed by atoms with Crippen LogP contribution in [0, 0.1) is 0 Å². The largest absolute Gasteiger partial charge is 0.394 e. The van der Waals surface area contributed by atoms with Gasteiger partial charge in [0.2, 0.25) is 5.91 Å². The van der Waals surface area contributed by atoms with Crippen molar-refractivity contribution >= 4 is 45.8 Å². The first-order valence-electron chi connectivity index (χ1n) is 11.7. The van der Waals surface area contributed by atoms with Gasteiger partial charge in [0, 0.05) is 35.4 Å². The second kappa shape index (κ2) is 9.70. The van der Waals surface area contributed by atoms with Gasteiger partial charge in [0.05, 0.1) is 30.2 Å².